The lowest BCUT2D eigenvalue weighted by atomic mass is 10.1. The zero-order chi connectivity index (χ0) is 16.2. The molecule has 1 aromatic rings. The average molecular weight is 352 g/mol. The fourth-order valence-electron chi connectivity index (χ4n) is 1.45. The second-order valence-corrected chi connectivity index (χ2v) is 7.44. The van der Waals surface area contributed by atoms with E-state index in [1.54, 1.807) is 12.1 Å². The molecule has 0 saturated heterocycles. The Morgan fingerprint density at radius 3 is 2.19 bits per heavy atom. The lowest BCUT2D eigenvalue weighted by molar-refractivity contribution is -0.510. The van der Waals surface area contributed by atoms with E-state index in [0.29, 0.717) is 11.4 Å². The Bertz CT molecular complexity index is 521. The van der Waals surface area contributed by atoms with Crippen molar-refractivity contribution in [3.05, 3.63) is 35.4 Å². The molecule has 116 valence electrons. The summed E-state index contributed by atoms with van der Waals surface area (Å²) in [6, 6.07) is 7.08. The summed E-state index contributed by atoms with van der Waals surface area (Å²) in [4.78, 5) is 15.0. The lowest BCUT2D eigenvalue weighted by Crippen LogP contribution is -2.89. The summed E-state index contributed by atoms with van der Waals surface area (Å²) in [5, 5.41) is 2.63. The molecule has 0 aliphatic rings. The Balaban J connectivity index is 2.94. The van der Waals surface area contributed by atoms with Crippen molar-refractivity contribution in [1.82, 2.24) is 5.32 Å². The number of amides is 1. The maximum absolute atomic E-state index is 12.2. The monoisotopic (exact) mass is 350 g/mol. The summed E-state index contributed by atoms with van der Waals surface area (Å²) >= 11 is 17.7. The smallest absolute Gasteiger partial charge is 0.254 e. The van der Waals surface area contributed by atoms with Crippen LogP contribution in [0.15, 0.2) is 24.3 Å². The average Bonchev–Trinajstić information content (AvgIpc) is 2.37. The number of aryl methyl sites for hydroxylation is 1. The first-order chi connectivity index (χ1) is 9.61. The van der Waals surface area contributed by atoms with Gasteiger partial charge >= 0.3 is 0 Å². The number of rotatable bonds is 4. The topological polar surface area (TPSA) is 69.1 Å². The van der Waals surface area contributed by atoms with Crippen LogP contribution >= 0.6 is 34.8 Å². The maximum Gasteiger partial charge on any atom is 0.254 e. The second kappa shape index (κ2) is 7.34. The van der Waals surface area contributed by atoms with E-state index in [4.69, 9.17) is 40.5 Å². The maximum atomic E-state index is 12.2. The Labute approximate surface area is 139 Å². The van der Waals surface area contributed by atoms with E-state index < -0.39 is 9.96 Å². The molecule has 0 saturated carbocycles. The van der Waals surface area contributed by atoms with Crippen LogP contribution in [0.1, 0.15) is 29.8 Å². The molecule has 0 unspecified atom stereocenters. The largest absolute Gasteiger partial charge is 0.310 e. The van der Waals surface area contributed by atoms with Gasteiger partial charge < -0.3 is 5.32 Å². The molecule has 1 rings (SSSR count). The molecule has 21 heavy (non-hydrogen) atoms. The summed E-state index contributed by atoms with van der Waals surface area (Å²) in [5.74, 6) is 0.113. The van der Waals surface area contributed by atoms with Gasteiger partial charge in [0.05, 0.1) is 5.92 Å². The van der Waals surface area contributed by atoms with Crippen LogP contribution in [0.25, 0.3) is 0 Å². The molecule has 0 aliphatic heterocycles. The van der Waals surface area contributed by atoms with Crippen LogP contribution in [0.3, 0.4) is 0 Å². The van der Waals surface area contributed by atoms with Crippen molar-refractivity contribution in [2.45, 2.75) is 30.7 Å². The first kappa shape index (κ1) is 18.1. The highest BCUT2D eigenvalue weighted by Gasteiger charge is 2.36. The van der Waals surface area contributed by atoms with Gasteiger partial charge in [-0.2, -0.15) is 0 Å². The number of benzene rings is 1. The summed E-state index contributed by atoms with van der Waals surface area (Å²) in [6.45, 7) is 5.71. The van der Waals surface area contributed by atoms with Gasteiger partial charge in [0.25, 0.3) is 5.91 Å². The number of halogens is 3. The highest BCUT2D eigenvalue weighted by Crippen LogP contribution is 2.27. The SMILES string of the molecule is Cc1ccc(C(=O)N[C@H]([NH+]=C(N)C(C)C)C(Cl)(Cl)Cl)cc1. The summed E-state index contributed by atoms with van der Waals surface area (Å²) in [5.41, 5.74) is 7.36. The van der Waals surface area contributed by atoms with Crippen molar-refractivity contribution in [3.8, 4) is 0 Å². The number of amidine groups is 1. The van der Waals surface area contributed by atoms with Gasteiger partial charge in [0, 0.05) is 5.56 Å². The van der Waals surface area contributed by atoms with E-state index in [-0.39, 0.29) is 11.8 Å². The fourth-order valence-corrected chi connectivity index (χ4v) is 1.78. The van der Waals surface area contributed by atoms with Crippen LogP contribution in [0.5, 0.6) is 0 Å². The number of nitrogens with one attached hydrogen (secondary N) is 2. The van der Waals surface area contributed by atoms with Crippen molar-refractivity contribution in [2.24, 2.45) is 11.7 Å². The summed E-state index contributed by atoms with van der Waals surface area (Å²) < 4.78 is -1.74. The molecule has 1 atom stereocenters. The standard InChI is InChI=1S/C14H18Cl3N3O/c1-8(2)11(18)19-13(14(15,16)17)20-12(21)10-6-4-9(3)5-7-10/h4-8,13H,1-3H3,(H2,18,19)(H,20,21)/p+1/t13-/m0/s1. The van der Waals surface area contributed by atoms with Gasteiger partial charge in [0.15, 0.2) is 0 Å². The molecule has 4 nitrogen and oxygen atoms in total. The van der Waals surface area contributed by atoms with E-state index in [1.807, 2.05) is 32.9 Å². The number of hydrogen-bond donors (Lipinski definition) is 3. The highest BCUT2D eigenvalue weighted by molar-refractivity contribution is 6.68. The fraction of sp³-hybridized carbons (Fsp3) is 0.429. The van der Waals surface area contributed by atoms with E-state index in [0.717, 1.165) is 5.56 Å². The van der Waals surface area contributed by atoms with Gasteiger partial charge in [0.2, 0.25) is 15.8 Å². The van der Waals surface area contributed by atoms with Gasteiger partial charge in [-0.1, -0.05) is 66.3 Å². The minimum Gasteiger partial charge on any atom is -0.310 e. The molecule has 0 bridgehead atoms. The number of nitrogens with two attached hydrogens (primary N) is 1. The van der Waals surface area contributed by atoms with E-state index in [2.05, 4.69) is 10.3 Å². The molecular weight excluding hydrogens is 333 g/mol. The van der Waals surface area contributed by atoms with Crippen LogP contribution in [-0.4, -0.2) is 21.7 Å². The van der Waals surface area contributed by atoms with Gasteiger partial charge in [-0.15, -0.1) is 0 Å². The Morgan fingerprint density at radius 1 is 1.24 bits per heavy atom. The first-order valence-corrected chi connectivity index (χ1v) is 7.57. The minimum atomic E-state index is -1.74. The third kappa shape index (κ3) is 5.73. The number of carbonyl (C=O) groups excluding carboxylic acids is 1. The van der Waals surface area contributed by atoms with Crippen molar-refractivity contribution in [1.29, 1.82) is 0 Å². The molecule has 4 N–H and O–H groups in total. The predicted octanol–water partition coefficient (Wildman–Crippen LogP) is 1.51. The third-order valence-electron chi connectivity index (χ3n) is 2.85. The van der Waals surface area contributed by atoms with E-state index >= 15 is 0 Å². The van der Waals surface area contributed by atoms with Crippen molar-refractivity contribution in [2.75, 3.05) is 0 Å². The zero-order valence-corrected chi connectivity index (χ0v) is 14.4. The molecular formula is C14H19Cl3N3O+. The molecule has 0 radical (unpaired) electrons. The summed E-state index contributed by atoms with van der Waals surface area (Å²) in [6.07, 6.45) is -0.932. The molecule has 0 spiro atoms. The van der Waals surface area contributed by atoms with E-state index in [1.165, 1.54) is 0 Å². The molecule has 0 fully saturated rings. The Kier molecular flexibility index (Phi) is 6.32. The molecule has 0 aromatic heterocycles. The van der Waals surface area contributed by atoms with Crippen molar-refractivity contribution >= 4 is 46.5 Å². The quantitative estimate of drug-likeness (QED) is 0.333. The highest BCUT2D eigenvalue weighted by atomic mass is 35.6. The number of alkyl halides is 3. The Morgan fingerprint density at radius 2 is 1.76 bits per heavy atom. The molecule has 7 heteroatoms. The van der Waals surface area contributed by atoms with Crippen LogP contribution in [0.2, 0.25) is 0 Å². The first-order valence-electron chi connectivity index (χ1n) is 6.44. The molecule has 0 aliphatic carbocycles. The van der Waals surface area contributed by atoms with Gasteiger partial charge in [-0.25, -0.2) is 0 Å². The van der Waals surface area contributed by atoms with Crippen LogP contribution in [0, 0.1) is 12.8 Å². The Hall–Kier alpha value is -0.970. The minimum absolute atomic E-state index is 0.0381. The number of hydrogen-bond acceptors (Lipinski definition) is 1. The lowest BCUT2D eigenvalue weighted by Gasteiger charge is -2.20. The normalized spacial score (nSPS) is 14.1. The van der Waals surface area contributed by atoms with Gasteiger partial charge in [-0.05, 0) is 19.1 Å². The van der Waals surface area contributed by atoms with Crippen LogP contribution < -0.4 is 16.0 Å². The van der Waals surface area contributed by atoms with Gasteiger partial charge in [0.1, 0.15) is 0 Å². The molecule has 1 aromatic carbocycles. The van der Waals surface area contributed by atoms with Crippen molar-refractivity contribution in [3.63, 3.8) is 0 Å². The molecule has 1 amide bonds. The number of carbonyl (C=O) groups is 1. The van der Waals surface area contributed by atoms with Crippen molar-refractivity contribution < 1.29 is 9.79 Å². The zero-order valence-electron chi connectivity index (χ0n) is 12.1. The molecule has 0 heterocycles. The van der Waals surface area contributed by atoms with Crippen LogP contribution in [-0.2, 0) is 0 Å². The van der Waals surface area contributed by atoms with E-state index in [9.17, 15) is 4.79 Å². The van der Waals surface area contributed by atoms with Gasteiger partial charge in [-0.3, -0.25) is 15.5 Å². The van der Waals surface area contributed by atoms with Crippen LogP contribution in [0.4, 0.5) is 0 Å². The third-order valence-corrected chi connectivity index (χ3v) is 3.50. The summed E-state index contributed by atoms with van der Waals surface area (Å²) in [7, 11) is 0. The second-order valence-electron chi connectivity index (χ2n) is 5.07. The predicted molar refractivity (Wildman–Crippen MR) is 87.7 cm³/mol.